The van der Waals surface area contributed by atoms with Crippen molar-refractivity contribution in [3.05, 3.63) is 12.3 Å². The molecular formula is C12H21NO4. The predicted octanol–water partition coefficient (Wildman–Crippen LogP) is 1.64. The molecule has 5 heteroatoms. The normalized spacial score (nSPS) is 9.76. The Kier molecular flexibility index (Phi) is 7.84. The minimum atomic E-state index is -0.872. The van der Waals surface area contributed by atoms with Gasteiger partial charge in [0.05, 0.1) is 12.3 Å². The number of carboxylic acids is 1. The number of likely N-dealkylation sites (N-methyl/N-ethyl adjacent to an activating group) is 1. The van der Waals surface area contributed by atoms with Crippen LogP contribution in [0.15, 0.2) is 12.3 Å². The third-order valence-electron chi connectivity index (χ3n) is 2.33. The maximum absolute atomic E-state index is 11.5. The SMILES string of the molecule is C=C(CC)OCCN(C)C(=O)CCCC(=O)O. The van der Waals surface area contributed by atoms with Gasteiger partial charge in [0.25, 0.3) is 0 Å². The van der Waals surface area contributed by atoms with Gasteiger partial charge in [0.1, 0.15) is 6.61 Å². The van der Waals surface area contributed by atoms with E-state index in [1.54, 1.807) is 11.9 Å². The highest BCUT2D eigenvalue weighted by Gasteiger charge is 2.09. The van der Waals surface area contributed by atoms with Gasteiger partial charge in [-0.05, 0) is 6.42 Å². The highest BCUT2D eigenvalue weighted by Crippen LogP contribution is 2.01. The zero-order valence-corrected chi connectivity index (χ0v) is 10.6. The van der Waals surface area contributed by atoms with Crippen LogP contribution in [-0.2, 0) is 14.3 Å². The Morgan fingerprint density at radius 1 is 1.35 bits per heavy atom. The molecule has 0 aromatic carbocycles. The first-order valence-corrected chi connectivity index (χ1v) is 5.73. The van der Waals surface area contributed by atoms with Gasteiger partial charge in [0.15, 0.2) is 0 Å². The molecule has 0 saturated heterocycles. The molecule has 5 nitrogen and oxygen atoms in total. The van der Waals surface area contributed by atoms with Gasteiger partial charge in [-0.2, -0.15) is 0 Å². The molecule has 0 saturated carbocycles. The van der Waals surface area contributed by atoms with Crippen LogP contribution in [0.3, 0.4) is 0 Å². The van der Waals surface area contributed by atoms with Gasteiger partial charge >= 0.3 is 5.97 Å². The number of ether oxygens (including phenoxy) is 1. The van der Waals surface area contributed by atoms with Gasteiger partial charge in [0, 0.05) is 26.3 Å². The number of carbonyl (C=O) groups excluding carboxylic acids is 1. The van der Waals surface area contributed by atoms with Crippen LogP contribution in [-0.4, -0.2) is 42.1 Å². The smallest absolute Gasteiger partial charge is 0.303 e. The fourth-order valence-corrected chi connectivity index (χ4v) is 1.14. The number of rotatable bonds is 9. The van der Waals surface area contributed by atoms with E-state index in [-0.39, 0.29) is 18.7 Å². The maximum Gasteiger partial charge on any atom is 0.303 e. The van der Waals surface area contributed by atoms with Crippen molar-refractivity contribution >= 4 is 11.9 Å². The third kappa shape index (κ3) is 8.30. The molecule has 0 aliphatic rings. The Morgan fingerprint density at radius 2 is 2.00 bits per heavy atom. The fraction of sp³-hybridized carbons (Fsp3) is 0.667. The quantitative estimate of drug-likeness (QED) is 0.625. The van der Waals surface area contributed by atoms with Gasteiger partial charge in [0.2, 0.25) is 5.91 Å². The minimum absolute atomic E-state index is 0.0305. The second kappa shape index (κ2) is 8.61. The van der Waals surface area contributed by atoms with Crippen molar-refractivity contribution in [1.29, 1.82) is 0 Å². The molecule has 17 heavy (non-hydrogen) atoms. The van der Waals surface area contributed by atoms with E-state index in [4.69, 9.17) is 9.84 Å². The molecule has 1 amide bonds. The predicted molar refractivity (Wildman–Crippen MR) is 64.5 cm³/mol. The number of aliphatic carboxylic acids is 1. The number of nitrogens with zero attached hydrogens (tertiary/aromatic N) is 1. The van der Waals surface area contributed by atoms with Gasteiger partial charge in [-0.3, -0.25) is 9.59 Å². The Morgan fingerprint density at radius 3 is 2.53 bits per heavy atom. The molecule has 0 heterocycles. The number of hydrogen-bond donors (Lipinski definition) is 1. The Balaban J connectivity index is 3.67. The molecule has 0 aliphatic heterocycles. The molecule has 0 aromatic heterocycles. The lowest BCUT2D eigenvalue weighted by Crippen LogP contribution is -2.29. The molecule has 0 aliphatic carbocycles. The van der Waals surface area contributed by atoms with Crippen molar-refractivity contribution in [2.75, 3.05) is 20.2 Å². The van der Waals surface area contributed by atoms with Crippen molar-refractivity contribution in [2.24, 2.45) is 0 Å². The van der Waals surface area contributed by atoms with Crippen LogP contribution in [0.1, 0.15) is 32.6 Å². The molecule has 0 aromatic rings. The Bertz CT molecular complexity index is 276. The second-order valence-electron chi connectivity index (χ2n) is 3.80. The fourth-order valence-electron chi connectivity index (χ4n) is 1.14. The Hall–Kier alpha value is -1.52. The summed E-state index contributed by atoms with van der Waals surface area (Å²) in [6, 6.07) is 0. The van der Waals surface area contributed by atoms with Crippen LogP contribution in [0.25, 0.3) is 0 Å². The summed E-state index contributed by atoms with van der Waals surface area (Å²) in [5.74, 6) is -0.225. The standard InChI is InChI=1S/C12H21NO4/c1-4-10(2)17-9-8-13(3)11(14)6-5-7-12(15)16/h2,4-9H2,1,3H3,(H,15,16). The largest absolute Gasteiger partial charge is 0.497 e. The molecule has 0 fully saturated rings. The molecule has 0 spiro atoms. The summed E-state index contributed by atoms with van der Waals surface area (Å²) in [5, 5.41) is 8.44. The molecule has 0 radical (unpaired) electrons. The van der Waals surface area contributed by atoms with E-state index in [2.05, 4.69) is 6.58 Å². The monoisotopic (exact) mass is 243 g/mol. The summed E-state index contributed by atoms with van der Waals surface area (Å²) in [6.07, 6.45) is 1.43. The minimum Gasteiger partial charge on any atom is -0.497 e. The molecule has 0 unspecified atom stereocenters. The maximum atomic E-state index is 11.5. The van der Waals surface area contributed by atoms with Crippen molar-refractivity contribution in [1.82, 2.24) is 4.90 Å². The van der Waals surface area contributed by atoms with Crippen molar-refractivity contribution in [2.45, 2.75) is 32.6 Å². The van der Waals surface area contributed by atoms with E-state index < -0.39 is 5.97 Å². The number of allylic oxidation sites excluding steroid dienone is 1. The van der Waals surface area contributed by atoms with Crippen LogP contribution in [0.4, 0.5) is 0 Å². The lowest BCUT2D eigenvalue weighted by molar-refractivity contribution is -0.137. The molecule has 0 rings (SSSR count). The topological polar surface area (TPSA) is 66.8 Å². The van der Waals surface area contributed by atoms with Crippen LogP contribution < -0.4 is 0 Å². The summed E-state index contributed by atoms with van der Waals surface area (Å²) in [4.78, 5) is 23.3. The number of hydrogen-bond acceptors (Lipinski definition) is 3. The molecule has 1 N–H and O–H groups in total. The van der Waals surface area contributed by atoms with E-state index >= 15 is 0 Å². The summed E-state index contributed by atoms with van der Waals surface area (Å²) in [6.45, 7) is 6.56. The van der Waals surface area contributed by atoms with Gasteiger partial charge in [-0.15, -0.1) is 0 Å². The lowest BCUT2D eigenvalue weighted by Gasteiger charge is -2.17. The van der Waals surface area contributed by atoms with Gasteiger partial charge in [-0.1, -0.05) is 13.5 Å². The van der Waals surface area contributed by atoms with E-state index in [9.17, 15) is 9.59 Å². The number of amides is 1. The average molecular weight is 243 g/mol. The van der Waals surface area contributed by atoms with Gasteiger partial charge < -0.3 is 14.7 Å². The van der Waals surface area contributed by atoms with Crippen molar-refractivity contribution in [3.63, 3.8) is 0 Å². The van der Waals surface area contributed by atoms with Crippen molar-refractivity contribution in [3.8, 4) is 0 Å². The van der Waals surface area contributed by atoms with Crippen LogP contribution >= 0.6 is 0 Å². The number of carbonyl (C=O) groups is 2. The highest BCUT2D eigenvalue weighted by molar-refractivity contribution is 5.76. The third-order valence-corrected chi connectivity index (χ3v) is 2.33. The molecule has 98 valence electrons. The van der Waals surface area contributed by atoms with E-state index in [1.165, 1.54) is 0 Å². The Labute approximate surface area is 102 Å². The summed E-state index contributed by atoms with van der Waals surface area (Å²) < 4.78 is 5.27. The zero-order valence-electron chi connectivity index (χ0n) is 10.6. The summed E-state index contributed by atoms with van der Waals surface area (Å²) in [7, 11) is 1.68. The van der Waals surface area contributed by atoms with Crippen LogP contribution in [0.2, 0.25) is 0 Å². The highest BCUT2D eigenvalue weighted by atomic mass is 16.5. The van der Waals surface area contributed by atoms with E-state index in [0.717, 1.165) is 6.42 Å². The molecule has 0 bridgehead atoms. The summed E-state index contributed by atoms with van der Waals surface area (Å²) >= 11 is 0. The van der Waals surface area contributed by atoms with E-state index in [1.807, 2.05) is 6.92 Å². The first kappa shape index (κ1) is 15.5. The first-order valence-electron chi connectivity index (χ1n) is 5.73. The van der Waals surface area contributed by atoms with Crippen LogP contribution in [0, 0.1) is 0 Å². The second-order valence-corrected chi connectivity index (χ2v) is 3.80. The van der Waals surface area contributed by atoms with Crippen molar-refractivity contribution < 1.29 is 19.4 Å². The average Bonchev–Trinajstić information content (AvgIpc) is 2.27. The number of carboxylic acid groups (broad SMARTS) is 1. The van der Waals surface area contributed by atoms with E-state index in [0.29, 0.717) is 25.3 Å². The molecular weight excluding hydrogens is 222 g/mol. The van der Waals surface area contributed by atoms with Gasteiger partial charge in [-0.25, -0.2) is 0 Å². The summed E-state index contributed by atoms with van der Waals surface area (Å²) in [5.41, 5.74) is 0. The lowest BCUT2D eigenvalue weighted by atomic mass is 10.2. The van der Waals surface area contributed by atoms with Crippen LogP contribution in [0.5, 0.6) is 0 Å². The zero-order chi connectivity index (χ0) is 13.3. The first-order chi connectivity index (χ1) is 7.97. The molecule has 0 atom stereocenters.